The molecule has 0 unspecified atom stereocenters. The van der Waals surface area contributed by atoms with Crippen molar-refractivity contribution in [1.82, 2.24) is 14.9 Å². The molecule has 0 saturated carbocycles. The van der Waals surface area contributed by atoms with E-state index in [1.165, 1.54) is 10.9 Å². The number of nitrogens with one attached hydrogen (secondary N) is 1. The van der Waals surface area contributed by atoms with Gasteiger partial charge in [0.05, 0.1) is 17.2 Å². The van der Waals surface area contributed by atoms with E-state index < -0.39 is 0 Å². The number of hydrogen-bond donors (Lipinski definition) is 1. The maximum absolute atomic E-state index is 12.5. The van der Waals surface area contributed by atoms with Crippen LogP contribution in [0.25, 0.3) is 10.9 Å². The molecule has 0 saturated heterocycles. The molecule has 0 radical (unpaired) electrons. The monoisotopic (exact) mass is 385 g/mol. The zero-order valence-electron chi connectivity index (χ0n) is 13.1. The smallest absolute Gasteiger partial charge is 0.261 e. The van der Waals surface area contributed by atoms with E-state index >= 15 is 0 Å². The molecular formula is C18H16BrN3O2. The quantitative estimate of drug-likeness (QED) is 0.750. The van der Waals surface area contributed by atoms with Crippen molar-refractivity contribution in [2.75, 3.05) is 0 Å². The highest BCUT2D eigenvalue weighted by atomic mass is 79.9. The van der Waals surface area contributed by atoms with Gasteiger partial charge < -0.3 is 5.32 Å². The number of amides is 1. The zero-order valence-corrected chi connectivity index (χ0v) is 14.7. The van der Waals surface area contributed by atoms with Gasteiger partial charge in [0.15, 0.2) is 0 Å². The van der Waals surface area contributed by atoms with Gasteiger partial charge >= 0.3 is 0 Å². The summed E-state index contributed by atoms with van der Waals surface area (Å²) < 4.78 is 2.29. The number of hydrogen-bond acceptors (Lipinski definition) is 3. The van der Waals surface area contributed by atoms with E-state index in [0.717, 1.165) is 15.6 Å². The van der Waals surface area contributed by atoms with Gasteiger partial charge in [0.1, 0.15) is 6.54 Å². The SMILES string of the molecule is Cc1cccc2c(=O)n(CC(=O)NCc3cccc(Br)c3)cnc12. The highest BCUT2D eigenvalue weighted by molar-refractivity contribution is 9.10. The number of para-hydroxylation sites is 1. The van der Waals surface area contributed by atoms with Gasteiger partial charge in [-0.25, -0.2) is 4.98 Å². The summed E-state index contributed by atoms with van der Waals surface area (Å²) in [6.45, 7) is 2.26. The van der Waals surface area contributed by atoms with Crippen LogP contribution in [-0.2, 0) is 17.9 Å². The molecule has 0 fully saturated rings. The van der Waals surface area contributed by atoms with Crippen molar-refractivity contribution in [2.45, 2.75) is 20.0 Å². The van der Waals surface area contributed by atoms with Crippen LogP contribution in [0, 0.1) is 6.92 Å². The Morgan fingerprint density at radius 2 is 2.04 bits per heavy atom. The average molecular weight is 386 g/mol. The van der Waals surface area contributed by atoms with Crippen molar-refractivity contribution >= 4 is 32.7 Å². The van der Waals surface area contributed by atoms with Crippen molar-refractivity contribution in [1.29, 1.82) is 0 Å². The fourth-order valence-electron chi connectivity index (χ4n) is 2.51. The highest BCUT2D eigenvalue weighted by Gasteiger charge is 2.09. The molecule has 24 heavy (non-hydrogen) atoms. The van der Waals surface area contributed by atoms with Crippen LogP contribution in [0.4, 0.5) is 0 Å². The molecule has 0 aliphatic rings. The number of aromatic nitrogens is 2. The zero-order chi connectivity index (χ0) is 17.1. The number of aryl methyl sites for hydroxylation is 1. The molecule has 3 aromatic rings. The first-order valence-corrected chi connectivity index (χ1v) is 8.30. The summed E-state index contributed by atoms with van der Waals surface area (Å²) in [6.07, 6.45) is 1.43. The van der Waals surface area contributed by atoms with Crippen LogP contribution < -0.4 is 10.9 Å². The first-order chi connectivity index (χ1) is 11.5. The van der Waals surface area contributed by atoms with Gasteiger partial charge in [-0.15, -0.1) is 0 Å². The Morgan fingerprint density at radius 1 is 1.25 bits per heavy atom. The summed E-state index contributed by atoms with van der Waals surface area (Å²) in [4.78, 5) is 28.9. The molecule has 1 heterocycles. The molecule has 5 nitrogen and oxygen atoms in total. The fraction of sp³-hybridized carbons (Fsp3) is 0.167. The minimum absolute atomic E-state index is 0.0519. The lowest BCUT2D eigenvalue weighted by atomic mass is 10.1. The Bertz CT molecular complexity index is 966. The molecule has 0 bridgehead atoms. The predicted octanol–water partition coefficient (Wildman–Crippen LogP) is 2.78. The lowest BCUT2D eigenvalue weighted by Crippen LogP contribution is -2.32. The van der Waals surface area contributed by atoms with Gasteiger partial charge in [-0.05, 0) is 36.2 Å². The molecular weight excluding hydrogens is 370 g/mol. The second-order valence-electron chi connectivity index (χ2n) is 5.56. The van der Waals surface area contributed by atoms with Crippen molar-refractivity contribution in [2.24, 2.45) is 0 Å². The van der Waals surface area contributed by atoms with Crippen molar-refractivity contribution < 1.29 is 4.79 Å². The Kier molecular flexibility index (Phi) is 4.76. The first kappa shape index (κ1) is 16.4. The Hall–Kier alpha value is -2.47. The van der Waals surface area contributed by atoms with Gasteiger partial charge in [-0.3, -0.25) is 14.2 Å². The van der Waals surface area contributed by atoms with Gasteiger partial charge in [-0.1, -0.05) is 40.2 Å². The lowest BCUT2D eigenvalue weighted by Gasteiger charge is -2.09. The summed E-state index contributed by atoms with van der Waals surface area (Å²) in [6, 6.07) is 13.2. The second kappa shape index (κ2) is 6.97. The highest BCUT2D eigenvalue weighted by Crippen LogP contribution is 2.12. The number of benzene rings is 2. The molecule has 1 aromatic heterocycles. The van der Waals surface area contributed by atoms with Gasteiger partial charge in [0.25, 0.3) is 5.56 Å². The average Bonchev–Trinajstić information content (AvgIpc) is 2.56. The molecule has 122 valence electrons. The van der Waals surface area contributed by atoms with E-state index in [-0.39, 0.29) is 18.0 Å². The fourth-order valence-corrected chi connectivity index (χ4v) is 2.95. The molecule has 1 N–H and O–H groups in total. The standard InChI is InChI=1S/C18H16BrN3O2/c1-12-4-2-7-15-17(12)21-11-22(18(15)24)10-16(23)20-9-13-5-3-6-14(19)8-13/h2-8,11H,9-10H2,1H3,(H,20,23). The van der Waals surface area contributed by atoms with Crippen LogP contribution in [0.3, 0.4) is 0 Å². The third kappa shape index (κ3) is 3.54. The largest absolute Gasteiger partial charge is 0.350 e. The molecule has 0 aliphatic heterocycles. The molecule has 3 rings (SSSR count). The first-order valence-electron chi connectivity index (χ1n) is 7.50. The van der Waals surface area contributed by atoms with E-state index in [2.05, 4.69) is 26.2 Å². The van der Waals surface area contributed by atoms with E-state index in [1.54, 1.807) is 6.07 Å². The minimum atomic E-state index is -0.231. The van der Waals surface area contributed by atoms with Crippen molar-refractivity contribution in [3.05, 3.63) is 74.7 Å². The van der Waals surface area contributed by atoms with Gasteiger partial charge in [-0.2, -0.15) is 0 Å². The maximum atomic E-state index is 12.5. The summed E-state index contributed by atoms with van der Waals surface area (Å²) >= 11 is 3.39. The molecule has 1 amide bonds. The van der Waals surface area contributed by atoms with E-state index in [0.29, 0.717) is 17.4 Å². The molecule has 6 heteroatoms. The summed E-state index contributed by atoms with van der Waals surface area (Å²) in [5.74, 6) is -0.231. The van der Waals surface area contributed by atoms with Crippen LogP contribution in [-0.4, -0.2) is 15.5 Å². The Balaban J connectivity index is 1.74. The molecule has 0 spiro atoms. The van der Waals surface area contributed by atoms with Crippen LogP contribution >= 0.6 is 15.9 Å². The normalized spacial score (nSPS) is 10.8. The van der Waals surface area contributed by atoms with E-state index in [9.17, 15) is 9.59 Å². The number of rotatable bonds is 4. The van der Waals surface area contributed by atoms with E-state index in [4.69, 9.17) is 0 Å². The molecule has 0 atom stereocenters. The minimum Gasteiger partial charge on any atom is -0.350 e. The number of fused-ring (bicyclic) bond motifs is 1. The second-order valence-corrected chi connectivity index (χ2v) is 6.47. The van der Waals surface area contributed by atoms with Crippen molar-refractivity contribution in [3.8, 4) is 0 Å². The summed E-state index contributed by atoms with van der Waals surface area (Å²) in [5, 5.41) is 3.34. The topological polar surface area (TPSA) is 64.0 Å². The van der Waals surface area contributed by atoms with Crippen LogP contribution in [0.1, 0.15) is 11.1 Å². The number of nitrogens with zero attached hydrogens (tertiary/aromatic N) is 2. The van der Waals surface area contributed by atoms with Gasteiger partial charge in [0, 0.05) is 11.0 Å². The Morgan fingerprint density at radius 3 is 2.83 bits per heavy atom. The lowest BCUT2D eigenvalue weighted by molar-refractivity contribution is -0.121. The van der Waals surface area contributed by atoms with Crippen LogP contribution in [0.2, 0.25) is 0 Å². The van der Waals surface area contributed by atoms with Crippen molar-refractivity contribution in [3.63, 3.8) is 0 Å². The number of carbonyl (C=O) groups excluding carboxylic acids is 1. The Labute approximate surface area is 147 Å². The molecule has 0 aliphatic carbocycles. The summed E-state index contributed by atoms with van der Waals surface area (Å²) in [5.41, 5.74) is 2.39. The third-order valence-corrected chi connectivity index (χ3v) is 4.24. The van der Waals surface area contributed by atoms with Crippen LogP contribution in [0.15, 0.2) is 58.1 Å². The summed E-state index contributed by atoms with van der Waals surface area (Å²) in [7, 11) is 0. The maximum Gasteiger partial charge on any atom is 0.261 e. The van der Waals surface area contributed by atoms with Gasteiger partial charge in [0.2, 0.25) is 5.91 Å². The predicted molar refractivity (Wildman–Crippen MR) is 96.7 cm³/mol. The number of halogens is 1. The van der Waals surface area contributed by atoms with Crippen LogP contribution in [0.5, 0.6) is 0 Å². The molecule has 2 aromatic carbocycles. The number of carbonyl (C=O) groups is 1. The third-order valence-electron chi connectivity index (χ3n) is 3.75. The van der Waals surface area contributed by atoms with E-state index in [1.807, 2.05) is 43.3 Å².